The van der Waals surface area contributed by atoms with Crippen LogP contribution in [0, 0.1) is 10.1 Å². The Labute approximate surface area is 100 Å². The molecule has 0 saturated carbocycles. The van der Waals surface area contributed by atoms with Gasteiger partial charge in [-0.3, -0.25) is 0 Å². The van der Waals surface area contributed by atoms with E-state index in [4.69, 9.17) is 5.73 Å². The van der Waals surface area contributed by atoms with Gasteiger partial charge in [0.05, 0.1) is 6.54 Å². The number of hydrogen-bond acceptors (Lipinski definition) is 5. The third-order valence-electron chi connectivity index (χ3n) is 2.42. The summed E-state index contributed by atoms with van der Waals surface area (Å²) in [5.74, 6) is -0.0897. The van der Waals surface area contributed by atoms with Gasteiger partial charge in [0.15, 0.2) is 0 Å². The van der Waals surface area contributed by atoms with Gasteiger partial charge in [-0.2, -0.15) is 0 Å². The normalized spacial score (nSPS) is 10.6. The maximum absolute atomic E-state index is 10.6. The zero-order chi connectivity index (χ0) is 12.5. The first-order chi connectivity index (χ1) is 8.25. The van der Waals surface area contributed by atoms with Gasteiger partial charge in [-0.05, 0) is 43.8 Å². The van der Waals surface area contributed by atoms with Crippen molar-refractivity contribution in [3.8, 4) is 0 Å². The first-order valence-corrected chi connectivity index (χ1v) is 5.82. The van der Waals surface area contributed by atoms with Crippen molar-refractivity contribution < 1.29 is 4.92 Å². The summed E-state index contributed by atoms with van der Waals surface area (Å²) < 4.78 is 1.56. The maximum Gasteiger partial charge on any atom is 0.434 e. The second-order valence-corrected chi connectivity index (χ2v) is 3.78. The van der Waals surface area contributed by atoms with E-state index >= 15 is 0 Å². The van der Waals surface area contributed by atoms with Gasteiger partial charge in [-0.15, -0.1) is 0 Å². The number of rotatable bonds is 9. The quantitative estimate of drug-likeness (QED) is 0.373. The van der Waals surface area contributed by atoms with E-state index in [1.807, 2.05) is 0 Å². The lowest BCUT2D eigenvalue weighted by molar-refractivity contribution is -0.396. The van der Waals surface area contributed by atoms with Crippen LogP contribution in [0.3, 0.4) is 0 Å². The molecule has 0 amide bonds. The number of hydrogen-bond donors (Lipinski definition) is 2. The monoisotopic (exact) mass is 241 g/mol. The Bertz CT molecular complexity index is 339. The van der Waals surface area contributed by atoms with Gasteiger partial charge in [-0.25, -0.2) is 4.57 Å². The Morgan fingerprint density at radius 1 is 1.41 bits per heavy atom. The number of unbranched alkanes of at least 4 members (excludes halogenated alkanes) is 1. The number of aryl methyl sites for hydroxylation is 1. The summed E-state index contributed by atoms with van der Waals surface area (Å²) in [6.07, 6.45) is 6.03. The van der Waals surface area contributed by atoms with Crippen molar-refractivity contribution in [1.82, 2.24) is 14.9 Å². The van der Waals surface area contributed by atoms with Gasteiger partial charge in [0, 0.05) is 0 Å². The molecule has 0 spiro atoms. The summed E-state index contributed by atoms with van der Waals surface area (Å²) in [5, 5.41) is 13.9. The van der Waals surface area contributed by atoms with Gasteiger partial charge in [0.25, 0.3) is 0 Å². The summed E-state index contributed by atoms with van der Waals surface area (Å²) in [6, 6.07) is 0. The van der Waals surface area contributed by atoms with Gasteiger partial charge in [0.2, 0.25) is 0 Å². The summed E-state index contributed by atoms with van der Waals surface area (Å²) >= 11 is 0. The molecule has 0 aromatic carbocycles. The molecule has 7 heteroatoms. The van der Waals surface area contributed by atoms with Gasteiger partial charge in [-0.1, -0.05) is 4.98 Å². The molecule has 1 rings (SSSR count). The Hall–Kier alpha value is -1.47. The van der Waals surface area contributed by atoms with Crippen LogP contribution in [0.25, 0.3) is 0 Å². The van der Waals surface area contributed by atoms with E-state index < -0.39 is 4.92 Å². The molecule has 0 aliphatic carbocycles. The third kappa shape index (κ3) is 4.92. The standard InChI is InChI=1S/C10H19N5O2/c11-4-1-2-5-12-6-3-8-14-9-7-13-10(14)15(16)17/h7,9,12H,1-6,8,11H2. The van der Waals surface area contributed by atoms with E-state index in [9.17, 15) is 10.1 Å². The lowest BCUT2D eigenvalue weighted by Crippen LogP contribution is -2.19. The highest BCUT2D eigenvalue weighted by atomic mass is 16.6. The van der Waals surface area contributed by atoms with E-state index in [-0.39, 0.29) is 5.95 Å². The average molecular weight is 241 g/mol. The Kier molecular flexibility index (Phi) is 6.19. The number of aromatic nitrogens is 2. The second-order valence-electron chi connectivity index (χ2n) is 3.78. The Morgan fingerprint density at radius 2 is 2.18 bits per heavy atom. The van der Waals surface area contributed by atoms with Crippen LogP contribution in [0.4, 0.5) is 5.95 Å². The summed E-state index contributed by atoms with van der Waals surface area (Å²) in [6.45, 7) is 3.13. The summed E-state index contributed by atoms with van der Waals surface area (Å²) in [4.78, 5) is 13.8. The zero-order valence-corrected chi connectivity index (χ0v) is 9.84. The smallest absolute Gasteiger partial charge is 0.390 e. The number of nitrogens with two attached hydrogens (primary N) is 1. The summed E-state index contributed by atoms with van der Waals surface area (Å²) in [5.41, 5.74) is 5.38. The molecule has 96 valence electrons. The molecule has 0 radical (unpaired) electrons. The highest BCUT2D eigenvalue weighted by Gasteiger charge is 2.12. The highest BCUT2D eigenvalue weighted by Crippen LogP contribution is 2.07. The minimum Gasteiger partial charge on any atom is -0.390 e. The molecule has 0 saturated heterocycles. The number of nitrogens with one attached hydrogen (secondary N) is 1. The van der Waals surface area contributed by atoms with Crippen LogP contribution in [-0.4, -0.2) is 34.1 Å². The van der Waals surface area contributed by atoms with Crippen LogP contribution in [0.15, 0.2) is 12.4 Å². The van der Waals surface area contributed by atoms with Gasteiger partial charge < -0.3 is 21.2 Å². The van der Waals surface area contributed by atoms with Crippen LogP contribution < -0.4 is 11.1 Å². The predicted octanol–water partition coefficient (Wildman–Crippen LogP) is 0.510. The molecule has 7 nitrogen and oxygen atoms in total. The molecule has 0 unspecified atom stereocenters. The Balaban J connectivity index is 2.14. The summed E-state index contributed by atoms with van der Waals surface area (Å²) in [7, 11) is 0. The van der Waals surface area contributed by atoms with E-state index in [0.29, 0.717) is 6.54 Å². The van der Waals surface area contributed by atoms with Crippen molar-refractivity contribution in [2.24, 2.45) is 5.73 Å². The second kappa shape index (κ2) is 7.75. The zero-order valence-electron chi connectivity index (χ0n) is 9.84. The van der Waals surface area contributed by atoms with E-state index in [0.717, 1.165) is 38.9 Å². The van der Waals surface area contributed by atoms with Gasteiger partial charge >= 0.3 is 5.95 Å². The van der Waals surface area contributed by atoms with Crippen LogP contribution >= 0.6 is 0 Å². The van der Waals surface area contributed by atoms with E-state index in [1.165, 1.54) is 6.20 Å². The minimum atomic E-state index is -0.464. The van der Waals surface area contributed by atoms with E-state index in [2.05, 4.69) is 10.3 Å². The predicted molar refractivity (Wildman–Crippen MR) is 64.7 cm³/mol. The third-order valence-corrected chi connectivity index (χ3v) is 2.42. The van der Waals surface area contributed by atoms with Crippen LogP contribution in [-0.2, 0) is 6.54 Å². The molecule has 1 aromatic heterocycles. The number of imidazole rings is 1. The lowest BCUT2D eigenvalue weighted by Gasteiger charge is -2.04. The molecular formula is C10H19N5O2. The van der Waals surface area contributed by atoms with Crippen molar-refractivity contribution in [2.75, 3.05) is 19.6 Å². The molecule has 0 aliphatic heterocycles. The van der Waals surface area contributed by atoms with Crippen molar-refractivity contribution in [2.45, 2.75) is 25.8 Å². The fourth-order valence-corrected chi connectivity index (χ4v) is 1.54. The first-order valence-electron chi connectivity index (χ1n) is 5.82. The molecule has 0 bridgehead atoms. The van der Waals surface area contributed by atoms with Crippen LogP contribution in [0.1, 0.15) is 19.3 Å². The highest BCUT2D eigenvalue weighted by molar-refractivity contribution is 5.06. The fourth-order valence-electron chi connectivity index (χ4n) is 1.54. The Morgan fingerprint density at radius 3 is 2.88 bits per heavy atom. The minimum absolute atomic E-state index is 0.0897. The van der Waals surface area contributed by atoms with Crippen molar-refractivity contribution in [1.29, 1.82) is 0 Å². The fraction of sp³-hybridized carbons (Fsp3) is 0.700. The number of nitro groups is 1. The molecule has 1 aromatic rings. The average Bonchev–Trinajstić information content (AvgIpc) is 2.76. The molecule has 0 aliphatic rings. The van der Waals surface area contributed by atoms with Crippen LogP contribution in [0.5, 0.6) is 0 Å². The molecule has 3 N–H and O–H groups in total. The van der Waals surface area contributed by atoms with Gasteiger partial charge in [0.1, 0.15) is 12.4 Å². The molecule has 1 heterocycles. The van der Waals surface area contributed by atoms with Crippen molar-refractivity contribution in [3.05, 3.63) is 22.5 Å². The SMILES string of the molecule is NCCCCNCCCn1ccnc1[N+](=O)[O-]. The van der Waals surface area contributed by atoms with Crippen molar-refractivity contribution in [3.63, 3.8) is 0 Å². The maximum atomic E-state index is 10.6. The van der Waals surface area contributed by atoms with E-state index in [1.54, 1.807) is 10.8 Å². The molecule has 0 fully saturated rings. The molecular weight excluding hydrogens is 222 g/mol. The largest absolute Gasteiger partial charge is 0.434 e. The lowest BCUT2D eigenvalue weighted by atomic mass is 10.3. The van der Waals surface area contributed by atoms with Crippen LogP contribution in [0.2, 0.25) is 0 Å². The molecule has 0 atom stereocenters. The first kappa shape index (κ1) is 13.6. The molecule has 17 heavy (non-hydrogen) atoms. The van der Waals surface area contributed by atoms with Crippen molar-refractivity contribution >= 4 is 5.95 Å². The topological polar surface area (TPSA) is 99.0 Å². The number of nitrogens with zero attached hydrogens (tertiary/aromatic N) is 3.